The lowest BCUT2D eigenvalue weighted by atomic mass is 10.1. The number of rotatable bonds is 8. The molecule has 1 aliphatic rings. The predicted molar refractivity (Wildman–Crippen MR) is 132 cm³/mol. The molecule has 2 aromatic heterocycles. The Hall–Kier alpha value is -4.61. The zero-order valence-electron chi connectivity index (χ0n) is 20.6. The molecule has 39 heavy (non-hydrogen) atoms. The minimum Gasteiger partial charge on any atom is -0.474 e. The minimum atomic E-state index is -4.48. The summed E-state index contributed by atoms with van der Waals surface area (Å²) in [6.45, 7) is 4.43. The summed E-state index contributed by atoms with van der Waals surface area (Å²) >= 11 is 0. The smallest absolute Gasteiger partial charge is 0.417 e. The highest BCUT2D eigenvalue weighted by atomic mass is 19.4. The maximum atomic E-state index is 12.7. The average Bonchev–Trinajstić information content (AvgIpc) is 2.93. The van der Waals surface area contributed by atoms with E-state index in [0.29, 0.717) is 49.3 Å². The second-order valence-corrected chi connectivity index (χ2v) is 8.40. The van der Waals surface area contributed by atoms with Crippen LogP contribution in [0.1, 0.15) is 28.8 Å². The highest BCUT2D eigenvalue weighted by Gasteiger charge is 2.31. The molecule has 1 aliphatic heterocycles. The number of benzene rings is 1. The summed E-state index contributed by atoms with van der Waals surface area (Å²) in [4.78, 5) is 33.7. The number of pyridine rings is 2. The molecule has 1 aromatic carbocycles. The molecule has 204 valence electrons. The van der Waals surface area contributed by atoms with Gasteiger partial charge in [0.1, 0.15) is 24.2 Å². The van der Waals surface area contributed by atoms with Crippen molar-refractivity contribution in [1.82, 2.24) is 14.9 Å². The van der Waals surface area contributed by atoms with Gasteiger partial charge in [0.15, 0.2) is 0 Å². The van der Waals surface area contributed by atoms with Crippen LogP contribution in [-0.4, -0.2) is 52.7 Å². The van der Waals surface area contributed by atoms with Gasteiger partial charge in [0.25, 0.3) is 0 Å². The summed E-state index contributed by atoms with van der Waals surface area (Å²) in [7, 11) is 0. The number of likely N-dealkylation sites (tertiary alicyclic amines) is 1. The molecular weight excluding hydrogens is 519 g/mol. The number of esters is 1. The van der Waals surface area contributed by atoms with Gasteiger partial charge >= 0.3 is 18.2 Å². The molecule has 0 spiro atoms. The lowest BCUT2D eigenvalue weighted by Gasteiger charge is -2.31. The van der Waals surface area contributed by atoms with Gasteiger partial charge in [-0.3, -0.25) is 0 Å². The van der Waals surface area contributed by atoms with E-state index in [2.05, 4.69) is 16.5 Å². The van der Waals surface area contributed by atoms with Crippen molar-refractivity contribution in [2.75, 3.05) is 19.7 Å². The molecule has 0 aliphatic carbocycles. The van der Waals surface area contributed by atoms with Gasteiger partial charge < -0.3 is 23.8 Å². The second kappa shape index (κ2) is 12.3. The van der Waals surface area contributed by atoms with Crippen LogP contribution in [0.5, 0.6) is 23.3 Å². The fraction of sp³-hybridized carbons (Fsp3) is 0.259. The Morgan fingerprint density at radius 1 is 0.949 bits per heavy atom. The van der Waals surface area contributed by atoms with E-state index in [1.54, 1.807) is 17.0 Å². The number of alkyl halides is 3. The fourth-order valence-electron chi connectivity index (χ4n) is 3.59. The van der Waals surface area contributed by atoms with E-state index in [-0.39, 0.29) is 24.3 Å². The Morgan fingerprint density at radius 2 is 1.62 bits per heavy atom. The Labute approximate surface area is 221 Å². The van der Waals surface area contributed by atoms with E-state index in [0.717, 1.165) is 12.1 Å². The quantitative estimate of drug-likeness (QED) is 0.265. The van der Waals surface area contributed by atoms with Crippen LogP contribution in [0.2, 0.25) is 0 Å². The zero-order chi connectivity index (χ0) is 27.8. The van der Waals surface area contributed by atoms with E-state index in [1.165, 1.54) is 36.5 Å². The van der Waals surface area contributed by atoms with E-state index in [1.807, 2.05) is 0 Å². The molecule has 1 amide bonds. The molecule has 0 saturated carbocycles. The number of ether oxygens (including phenoxy) is 4. The monoisotopic (exact) mass is 543 g/mol. The minimum absolute atomic E-state index is 0.00463. The van der Waals surface area contributed by atoms with Crippen molar-refractivity contribution < 1.29 is 41.7 Å². The maximum Gasteiger partial charge on any atom is 0.417 e. The normalized spacial score (nSPS) is 13.9. The van der Waals surface area contributed by atoms with E-state index >= 15 is 0 Å². The summed E-state index contributed by atoms with van der Waals surface area (Å²) in [5.41, 5.74) is -0.570. The van der Waals surface area contributed by atoms with Crippen LogP contribution in [0, 0.1) is 0 Å². The summed E-state index contributed by atoms with van der Waals surface area (Å²) in [6.07, 6.45) is -0.488. The van der Waals surface area contributed by atoms with E-state index in [4.69, 9.17) is 18.9 Å². The number of carbonyl (C=O) groups is 2. The molecule has 9 nitrogen and oxygen atoms in total. The van der Waals surface area contributed by atoms with E-state index in [9.17, 15) is 22.8 Å². The topological polar surface area (TPSA) is 100 Å². The Kier molecular flexibility index (Phi) is 8.64. The molecule has 1 fully saturated rings. The Bertz CT molecular complexity index is 1270. The third-order valence-electron chi connectivity index (χ3n) is 5.61. The lowest BCUT2D eigenvalue weighted by Crippen LogP contribution is -2.43. The van der Waals surface area contributed by atoms with Crippen molar-refractivity contribution in [3.63, 3.8) is 0 Å². The van der Waals surface area contributed by atoms with Crippen LogP contribution in [0.4, 0.5) is 18.0 Å². The average molecular weight is 543 g/mol. The number of carbonyl (C=O) groups excluding carboxylic acids is 2. The van der Waals surface area contributed by atoms with Gasteiger partial charge in [0.2, 0.25) is 11.8 Å². The second-order valence-electron chi connectivity index (χ2n) is 8.40. The zero-order valence-corrected chi connectivity index (χ0v) is 20.6. The fourth-order valence-corrected chi connectivity index (χ4v) is 3.59. The number of piperidine rings is 1. The SMILES string of the molecule is C=CCOC(=O)c1ccc(OC2CCN(C(=O)Oc3ccc(Oc4ccc(C(F)(F)F)cn4)cc3)CC2)nc1. The van der Waals surface area contributed by atoms with E-state index < -0.39 is 23.8 Å². The van der Waals surface area contributed by atoms with Crippen LogP contribution < -0.4 is 14.2 Å². The van der Waals surface area contributed by atoms with Crippen LogP contribution in [0.3, 0.4) is 0 Å². The van der Waals surface area contributed by atoms with Crippen molar-refractivity contribution in [2.24, 2.45) is 0 Å². The number of aromatic nitrogens is 2. The first-order valence-corrected chi connectivity index (χ1v) is 11.9. The third kappa shape index (κ3) is 7.69. The largest absolute Gasteiger partial charge is 0.474 e. The number of amides is 1. The van der Waals surface area contributed by atoms with Crippen molar-refractivity contribution in [2.45, 2.75) is 25.1 Å². The molecule has 12 heteroatoms. The van der Waals surface area contributed by atoms with Crippen molar-refractivity contribution in [3.05, 3.63) is 84.7 Å². The first kappa shape index (κ1) is 27.4. The summed E-state index contributed by atoms with van der Waals surface area (Å²) in [5.74, 6) is 0.455. The number of nitrogens with zero attached hydrogens (tertiary/aromatic N) is 3. The first-order chi connectivity index (χ1) is 18.7. The molecule has 0 N–H and O–H groups in total. The lowest BCUT2D eigenvalue weighted by molar-refractivity contribution is -0.137. The molecule has 3 aromatic rings. The predicted octanol–water partition coefficient (Wildman–Crippen LogP) is 5.67. The van der Waals surface area contributed by atoms with Crippen LogP contribution in [-0.2, 0) is 10.9 Å². The number of hydrogen-bond acceptors (Lipinski definition) is 8. The van der Waals surface area contributed by atoms with Gasteiger partial charge in [0, 0.05) is 50.5 Å². The van der Waals surface area contributed by atoms with Gasteiger partial charge in [-0.2, -0.15) is 13.2 Å². The maximum absolute atomic E-state index is 12.7. The standard InChI is InChI=1S/C27H24F3N3O6/c1-2-15-36-25(34)18-3-9-23(31-16-18)38-22-11-13-33(14-12-22)26(35)39-21-7-5-20(6-8-21)37-24-10-4-19(17-32-24)27(28,29)30/h2-10,16-17,22H,1,11-15H2. The molecule has 4 rings (SSSR count). The first-order valence-electron chi connectivity index (χ1n) is 11.9. The Balaban J connectivity index is 1.22. The van der Waals surface area contributed by atoms with Crippen LogP contribution in [0.25, 0.3) is 0 Å². The molecule has 0 radical (unpaired) electrons. The molecule has 1 saturated heterocycles. The molecule has 3 heterocycles. The highest BCUT2D eigenvalue weighted by Crippen LogP contribution is 2.30. The molecule has 0 atom stereocenters. The molecule has 0 bridgehead atoms. The van der Waals surface area contributed by atoms with Gasteiger partial charge in [-0.05, 0) is 36.4 Å². The Morgan fingerprint density at radius 3 is 2.21 bits per heavy atom. The van der Waals surface area contributed by atoms with Crippen molar-refractivity contribution in [1.29, 1.82) is 0 Å². The third-order valence-corrected chi connectivity index (χ3v) is 5.61. The van der Waals surface area contributed by atoms with Crippen LogP contribution in [0.15, 0.2) is 73.6 Å². The highest BCUT2D eigenvalue weighted by molar-refractivity contribution is 5.89. The van der Waals surface area contributed by atoms with Gasteiger partial charge in [-0.25, -0.2) is 19.6 Å². The summed E-state index contributed by atoms with van der Waals surface area (Å²) in [6, 6.07) is 11.2. The summed E-state index contributed by atoms with van der Waals surface area (Å²) < 4.78 is 59.6. The van der Waals surface area contributed by atoms with Crippen molar-refractivity contribution in [3.8, 4) is 23.3 Å². The summed E-state index contributed by atoms with van der Waals surface area (Å²) in [5, 5.41) is 0. The molecule has 0 unspecified atom stereocenters. The van der Waals surface area contributed by atoms with Crippen molar-refractivity contribution >= 4 is 12.1 Å². The number of halogens is 3. The number of hydrogen-bond donors (Lipinski definition) is 0. The van der Waals surface area contributed by atoms with Gasteiger partial charge in [-0.1, -0.05) is 12.7 Å². The molecular formula is C27H24F3N3O6. The van der Waals surface area contributed by atoms with Gasteiger partial charge in [-0.15, -0.1) is 0 Å². The van der Waals surface area contributed by atoms with Gasteiger partial charge in [0.05, 0.1) is 11.1 Å². The van der Waals surface area contributed by atoms with Crippen LogP contribution >= 0.6 is 0 Å².